The van der Waals surface area contributed by atoms with Gasteiger partial charge in [0.25, 0.3) is 5.91 Å². The fraction of sp³-hybridized carbons (Fsp3) is 0.423. The molecule has 2 aromatic heterocycles. The molecule has 1 aliphatic carbocycles. The van der Waals surface area contributed by atoms with E-state index in [4.69, 9.17) is 9.47 Å². The molecule has 0 fully saturated rings. The number of thiophene rings is 1. The maximum absolute atomic E-state index is 12.8. The lowest BCUT2D eigenvalue weighted by Crippen LogP contribution is -2.26. The third-order valence-corrected chi connectivity index (χ3v) is 7.45. The number of fused-ring (bicyclic) bond motifs is 2. The minimum absolute atomic E-state index is 0.148. The van der Waals surface area contributed by atoms with Gasteiger partial charge in [-0.05, 0) is 55.2 Å². The Morgan fingerprint density at radius 2 is 1.89 bits per heavy atom. The van der Waals surface area contributed by atoms with E-state index >= 15 is 0 Å². The number of aromatic nitrogens is 2. The summed E-state index contributed by atoms with van der Waals surface area (Å²) in [6.07, 6.45) is 5.61. The van der Waals surface area contributed by atoms with Gasteiger partial charge >= 0.3 is 11.9 Å². The molecule has 4 rings (SSSR count). The van der Waals surface area contributed by atoms with Crippen molar-refractivity contribution in [3.8, 4) is 0 Å². The Bertz CT molecular complexity index is 1270. The summed E-state index contributed by atoms with van der Waals surface area (Å²) in [4.78, 5) is 47.6. The van der Waals surface area contributed by atoms with Gasteiger partial charge in [-0.3, -0.25) is 14.8 Å². The number of benzene rings is 1. The number of hydrogen-bond donors (Lipinski definition) is 1. The zero-order chi connectivity index (χ0) is 25.2. The van der Waals surface area contributed by atoms with Crippen LogP contribution in [-0.4, -0.2) is 41.0 Å². The van der Waals surface area contributed by atoms with Gasteiger partial charge in [-0.2, -0.15) is 0 Å². The minimum Gasteiger partial charge on any atom is -0.462 e. The van der Waals surface area contributed by atoms with Gasteiger partial charge in [-0.15, -0.1) is 11.3 Å². The summed E-state index contributed by atoms with van der Waals surface area (Å²) in [6, 6.07) is 5.00. The van der Waals surface area contributed by atoms with Crippen molar-refractivity contribution < 1.29 is 23.9 Å². The van der Waals surface area contributed by atoms with Gasteiger partial charge in [-0.25, -0.2) is 9.59 Å². The predicted octanol–water partition coefficient (Wildman–Crippen LogP) is 4.81. The molecular weight excluding hydrogens is 466 g/mol. The van der Waals surface area contributed by atoms with Crippen LogP contribution in [0.2, 0.25) is 0 Å². The molecule has 3 aromatic rings. The van der Waals surface area contributed by atoms with Crippen molar-refractivity contribution >= 4 is 45.2 Å². The lowest BCUT2D eigenvalue weighted by molar-refractivity contribution is -0.119. The maximum Gasteiger partial charge on any atom is 0.341 e. The summed E-state index contributed by atoms with van der Waals surface area (Å²) < 4.78 is 10.5. The molecule has 1 amide bonds. The Morgan fingerprint density at radius 3 is 2.63 bits per heavy atom. The molecule has 1 aliphatic rings. The second-order valence-electron chi connectivity index (χ2n) is 9.59. The molecule has 9 heteroatoms. The van der Waals surface area contributed by atoms with Crippen molar-refractivity contribution in [2.75, 3.05) is 18.5 Å². The van der Waals surface area contributed by atoms with Crippen LogP contribution in [0.5, 0.6) is 0 Å². The van der Waals surface area contributed by atoms with Crippen molar-refractivity contribution in [1.82, 2.24) is 9.97 Å². The fourth-order valence-electron chi connectivity index (χ4n) is 4.36. The highest BCUT2D eigenvalue weighted by Gasteiger charge is 2.34. The molecule has 2 heterocycles. The van der Waals surface area contributed by atoms with Crippen LogP contribution in [0.15, 0.2) is 30.6 Å². The smallest absolute Gasteiger partial charge is 0.341 e. The summed E-state index contributed by atoms with van der Waals surface area (Å²) in [6.45, 7) is 8.17. The summed E-state index contributed by atoms with van der Waals surface area (Å²) in [5.41, 5.74) is 2.72. The van der Waals surface area contributed by atoms with Gasteiger partial charge in [0.05, 0.1) is 23.3 Å². The van der Waals surface area contributed by atoms with Crippen molar-refractivity contribution in [2.45, 2.75) is 47.0 Å². The molecule has 0 saturated heterocycles. The molecule has 1 N–H and O–H groups in total. The molecule has 0 saturated carbocycles. The Balaban J connectivity index is 1.50. The molecule has 0 spiro atoms. The topological polar surface area (TPSA) is 107 Å². The molecule has 0 bridgehead atoms. The molecule has 1 unspecified atom stereocenters. The Kier molecular flexibility index (Phi) is 7.16. The van der Waals surface area contributed by atoms with Crippen LogP contribution in [0.25, 0.3) is 11.0 Å². The number of nitrogens with one attached hydrogen (secondary N) is 1. The van der Waals surface area contributed by atoms with E-state index in [9.17, 15) is 14.4 Å². The van der Waals surface area contributed by atoms with Gasteiger partial charge < -0.3 is 14.8 Å². The third-order valence-electron chi connectivity index (χ3n) is 6.28. The molecule has 184 valence electrons. The molecule has 8 nitrogen and oxygen atoms in total. The number of ether oxygens (including phenoxy) is 2. The number of esters is 2. The lowest BCUT2D eigenvalue weighted by atomic mass is 9.72. The van der Waals surface area contributed by atoms with E-state index in [0.717, 1.165) is 29.7 Å². The third kappa shape index (κ3) is 5.35. The quantitative estimate of drug-likeness (QED) is 0.489. The Hall–Kier alpha value is -3.33. The van der Waals surface area contributed by atoms with Crippen molar-refractivity contribution in [3.63, 3.8) is 0 Å². The van der Waals surface area contributed by atoms with Crippen molar-refractivity contribution in [1.29, 1.82) is 0 Å². The van der Waals surface area contributed by atoms with Crippen LogP contribution in [-0.2, 0) is 27.1 Å². The van der Waals surface area contributed by atoms with Crippen LogP contribution in [0.3, 0.4) is 0 Å². The average molecular weight is 496 g/mol. The minimum atomic E-state index is -0.671. The van der Waals surface area contributed by atoms with E-state index in [1.807, 2.05) is 0 Å². The van der Waals surface area contributed by atoms with E-state index in [1.165, 1.54) is 23.7 Å². The molecule has 0 radical (unpaired) electrons. The predicted molar refractivity (Wildman–Crippen MR) is 134 cm³/mol. The van der Waals surface area contributed by atoms with E-state index in [2.05, 4.69) is 36.1 Å². The van der Waals surface area contributed by atoms with Crippen LogP contribution in [0, 0.1) is 11.3 Å². The summed E-state index contributed by atoms with van der Waals surface area (Å²) in [5, 5.41) is 3.22. The summed E-state index contributed by atoms with van der Waals surface area (Å²) in [5.74, 6) is -1.16. The number of anilines is 1. The van der Waals surface area contributed by atoms with Crippen molar-refractivity contribution in [2.24, 2.45) is 11.3 Å². The summed E-state index contributed by atoms with van der Waals surface area (Å²) in [7, 11) is 0. The van der Waals surface area contributed by atoms with Gasteiger partial charge in [0.2, 0.25) is 0 Å². The van der Waals surface area contributed by atoms with Gasteiger partial charge in [-0.1, -0.05) is 26.8 Å². The Morgan fingerprint density at radius 1 is 1.11 bits per heavy atom. The van der Waals surface area contributed by atoms with E-state index < -0.39 is 24.5 Å². The number of para-hydroxylation sites is 1. The largest absolute Gasteiger partial charge is 0.462 e. The first kappa shape index (κ1) is 24.8. The standard InChI is InChI=1S/C26H29N3O5S/c1-5-33-25(32)21-16-10-9-15(26(2,3)4)13-19(16)35-23(21)29-20(30)14-34-24(31)17-7-6-8-18-22(17)28-12-11-27-18/h6-8,11-12,15H,5,9-10,13-14H2,1-4H3,(H,29,30). The van der Waals surface area contributed by atoms with Crippen LogP contribution in [0.4, 0.5) is 5.00 Å². The number of carbonyl (C=O) groups is 3. The molecule has 1 aromatic carbocycles. The first-order valence-electron chi connectivity index (χ1n) is 11.7. The zero-order valence-corrected chi connectivity index (χ0v) is 21.2. The number of amides is 1. The number of carbonyl (C=O) groups excluding carboxylic acids is 3. The maximum atomic E-state index is 12.8. The van der Waals surface area contributed by atoms with E-state index in [1.54, 1.807) is 25.1 Å². The molecular formula is C26H29N3O5S. The highest BCUT2D eigenvalue weighted by atomic mass is 32.1. The summed E-state index contributed by atoms with van der Waals surface area (Å²) >= 11 is 1.41. The van der Waals surface area contributed by atoms with E-state index in [-0.39, 0.29) is 17.6 Å². The van der Waals surface area contributed by atoms with Gasteiger partial charge in [0, 0.05) is 17.3 Å². The SMILES string of the molecule is CCOC(=O)c1c(NC(=O)COC(=O)c2cccc3nccnc23)sc2c1CCC(C(C)(C)C)C2. The second kappa shape index (κ2) is 10.1. The molecule has 1 atom stereocenters. The van der Waals surface area contributed by atoms with Gasteiger partial charge in [0.1, 0.15) is 10.5 Å². The number of hydrogen-bond acceptors (Lipinski definition) is 8. The first-order chi connectivity index (χ1) is 16.7. The zero-order valence-electron chi connectivity index (χ0n) is 20.3. The van der Waals surface area contributed by atoms with Gasteiger partial charge in [0.15, 0.2) is 6.61 Å². The van der Waals surface area contributed by atoms with Crippen LogP contribution in [0.1, 0.15) is 65.3 Å². The van der Waals surface area contributed by atoms with E-state index in [0.29, 0.717) is 27.5 Å². The normalized spacial score (nSPS) is 15.4. The Labute approximate surface area is 208 Å². The highest BCUT2D eigenvalue weighted by Crippen LogP contribution is 2.44. The second-order valence-corrected chi connectivity index (χ2v) is 10.7. The number of nitrogens with zero attached hydrogens (tertiary/aromatic N) is 2. The van der Waals surface area contributed by atoms with Crippen LogP contribution < -0.4 is 5.32 Å². The van der Waals surface area contributed by atoms with Crippen molar-refractivity contribution in [3.05, 3.63) is 52.2 Å². The monoisotopic (exact) mass is 495 g/mol. The first-order valence-corrected chi connectivity index (χ1v) is 12.5. The molecule has 0 aliphatic heterocycles. The molecule has 35 heavy (non-hydrogen) atoms. The number of rotatable bonds is 6. The lowest BCUT2D eigenvalue weighted by Gasteiger charge is -2.33. The fourth-order valence-corrected chi connectivity index (χ4v) is 5.69. The van der Waals surface area contributed by atoms with Crippen LogP contribution >= 0.6 is 11.3 Å². The average Bonchev–Trinajstić information content (AvgIpc) is 3.18. The highest BCUT2D eigenvalue weighted by molar-refractivity contribution is 7.17.